The first-order valence-electron chi connectivity index (χ1n) is 12.3. The number of fused-ring (bicyclic) bond motifs is 3. The molecular weight excluding hydrogens is 530 g/mol. The van der Waals surface area contributed by atoms with Crippen LogP contribution < -0.4 is 20.7 Å². The highest BCUT2D eigenvalue weighted by Crippen LogP contribution is 2.35. The van der Waals surface area contributed by atoms with Gasteiger partial charge in [0.05, 0.1) is 29.0 Å². The lowest BCUT2D eigenvalue weighted by Gasteiger charge is -2.18. The number of rotatable bonds is 13. The zero-order valence-corrected chi connectivity index (χ0v) is 22.7. The Hall–Kier alpha value is -3.87. The molecule has 3 heterocycles. The summed E-state index contributed by atoms with van der Waals surface area (Å²) in [5, 5.41) is 10.3. The smallest absolute Gasteiger partial charge is 0.409 e. The molecule has 5 N–H and O–H groups in total. The molecule has 4 rings (SSSR count). The van der Waals surface area contributed by atoms with Crippen molar-refractivity contribution in [1.82, 2.24) is 30.2 Å². The molecule has 2 unspecified atom stereocenters. The van der Waals surface area contributed by atoms with Crippen LogP contribution >= 0.6 is 9.03 Å². The molecule has 39 heavy (non-hydrogen) atoms. The second-order valence-electron chi connectivity index (χ2n) is 8.53. The average molecular weight is 561 g/mol. The van der Waals surface area contributed by atoms with Gasteiger partial charge in [-0.3, -0.25) is 4.52 Å². The number of hydrogen-bond acceptors (Lipinski definition) is 11. The normalized spacial score (nSPS) is 12.2. The van der Waals surface area contributed by atoms with Gasteiger partial charge in [0.15, 0.2) is 21.6 Å². The minimum atomic E-state index is -0.762. The van der Waals surface area contributed by atoms with Gasteiger partial charge in [0.25, 0.3) is 0 Å². The van der Waals surface area contributed by atoms with Crippen molar-refractivity contribution in [3.8, 4) is 11.8 Å². The molecule has 0 aliphatic rings. The van der Waals surface area contributed by atoms with Gasteiger partial charge in [-0.05, 0) is 31.9 Å². The van der Waals surface area contributed by atoms with E-state index in [1.165, 1.54) is 24.5 Å². The third kappa shape index (κ3) is 7.16. The number of benzene rings is 1. The highest BCUT2D eigenvalue weighted by molar-refractivity contribution is 7.24. The summed E-state index contributed by atoms with van der Waals surface area (Å²) in [7, 11) is 0.945. The van der Waals surface area contributed by atoms with Gasteiger partial charge in [-0.15, -0.1) is 0 Å². The summed E-state index contributed by atoms with van der Waals surface area (Å²) < 4.78 is 29.8. The van der Waals surface area contributed by atoms with E-state index in [2.05, 4.69) is 45.4 Å². The van der Waals surface area contributed by atoms with Crippen LogP contribution in [-0.4, -0.2) is 62.3 Å². The van der Waals surface area contributed by atoms with Gasteiger partial charge in [-0.25, -0.2) is 19.2 Å². The number of carbonyl (C=O) groups is 1. The summed E-state index contributed by atoms with van der Waals surface area (Å²) in [5.74, 6) is 0.975. The first-order valence-corrected chi connectivity index (χ1v) is 13.1. The van der Waals surface area contributed by atoms with Gasteiger partial charge in [0.2, 0.25) is 0 Å². The quantitative estimate of drug-likeness (QED) is 0.0895. The molecule has 3 aromatic heterocycles. The average Bonchev–Trinajstić information content (AvgIpc) is 3.28. The third-order valence-electron chi connectivity index (χ3n) is 5.80. The highest BCUT2D eigenvalue weighted by Gasteiger charge is 2.19. The van der Waals surface area contributed by atoms with Crippen LogP contribution in [0, 0.1) is 12.7 Å². The number of carbonyl (C=O) groups excluding carboxylic acids is 1. The monoisotopic (exact) mass is 560 g/mol. The first kappa shape index (κ1) is 28.1. The molecule has 1 amide bonds. The first-order chi connectivity index (χ1) is 18.9. The number of amides is 1. The number of nitrogens with zero attached hydrogens (tertiary/aromatic N) is 4. The molecule has 0 saturated carbocycles. The van der Waals surface area contributed by atoms with E-state index in [-0.39, 0.29) is 18.8 Å². The minimum absolute atomic E-state index is 0.0480. The number of H-pyrrole nitrogens is 1. The summed E-state index contributed by atoms with van der Waals surface area (Å²) >= 11 is 0. The van der Waals surface area contributed by atoms with E-state index in [0.29, 0.717) is 64.4 Å². The third-order valence-corrected chi connectivity index (χ3v) is 6.04. The van der Waals surface area contributed by atoms with Crippen molar-refractivity contribution in [3.63, 3.8) is 0 Å². The summed E-state index contributed by atoms with van der Waals surface area (Å²) in [6, 6.07) is 2.67. The number of nitrogens with one attached hydrogen (secondary N) is 4. The van der Waals surface area contributed by atoms with E-state index in [1.54, 1.807) is 14.0 Å². The maximum atomic E-state index is 14.5. The second-order valence-corrected chi connectivity index (χ2v) is 9.00. The number of halogens is 1. The van der Waals surface area contributed by atoms with Gasteiger partial charge in [-0.2, -0.15) is 9.97 Å². The van der Waals surface area contributed by atoms with Crippen molar-refractivity contribution in [2.75, 3.05) is 31.0 Å². The lowest BCUT2D eigenvalue weighted by atomic mass is 10.1. The Balaban J connectivity index is 1.61. The fourth-order valence-corrected chi connectivity index (χ4v) is 4.18. The Labute approximate surface area is 225 Å². The molecule has 2 atom stereocenters. The van der Waals surface area contributed by atoms with Crippen LogP contribution in [0.5, 0.6) is 11.8 Å². The zero-order chi connectivity index (χ0) is 27.8. The molecule has 4 aromatic rings. The number of aromatic amines is 1. The molecule has 15 heteroatoms. The Morgan fingerprint density at radius 2 is 2.03 bits per heavy atom. The van der Waals surface area contributed by atoms with Crippen LogP contribution in [0.1, 0.15) is 32.0 Å². The van der Waals surface area contributed by atoms with Crippen LogP contribution in [0.2, 0.25) is 0 Å². The van der Waals surface area contributed by atoms with E-state index in [0.717, 1.165) is 6.42 Å². The SMILES string of the molecule is CCCC(CCNc1nc(Oc2cnc(C)nc2)nc2[nH]c3c(NC)cc(F)cc3c12)NC(=O)OCOPO. The molecule has 0 aliphatic heterocycles. The molecule has 0 spiro atoms. The van der Waals surface area contributed by atoms with Crippen LogP contribution in [0.15, 0.2) is 24.5 Å². The molecule has 13 nitrogen and oxygen atoms in total. The maximum absolute atomic E-state index is 14.5. The molecule has 0 radical (unpaired) electrons. The van der Waals surface area contributed by atoms with E-state index >= 15 is 0 Å². The molecular formula is C24H30FN8O5P. The number of ether oxygens (including phenoxy) is 2. The van der Waals surface area contributed by atoms with Crippen molar-refractivity contribution < 1.29 is 28.1 Å². The Morgan fingerprint density at radius 1 is 1.23 bits per heavy atom. The van der Waals surface area contributed by atoms with Crippen molar-refractivity contribution in [3.05, 3.63) is 36.2 Å². The van der Waals surface area contributed by atoms with E-state index in [9.17, 15) is 9.18 Å². The Kier molecular flexibility index (Phi) is 9.58. The van der Waals surface area contributed by atoms with Crippen LogP contribution in [0.3, 0.4) is 0 Å². The van der Waals surface area contributed by atoms with Gasteiger partial charge in [0, 0.05) is 25.0 Å². The van der Waals surface area contributed by atoms with Gasteiger partial charge in [0.1, 0.15) is 23.1 Å². The molecule has 0 aliphatic carbocycles. The molecule has 1 aromatic carbocycles. The van der Waals surface area contributed by atoms with E-state index in [4.69, 9.17) is 14.4 Å². The van der Waals surface area contributed by atoms with Crippen molar-refractivity contribution in [2.45, 2.75) is 39.2 Å². The zero-order valence-electron chi connectivity index (χ0n) is 21.7. The molecule has 0 saturated heterocycles. The lowest BCUT2D eigenvalue weighted by molar-refractivity contribution is 0.0618. The summed E-state index contributed by atoms with van der Waals surface area (Å²) in [5.41, 5.74) is 1.69. The second kappa shape index (κ2) is 13.3. The number of hydrogen-bond donors (Lipinski definition) is 5. The predicted octanol–water partition coefficient (Wildman–Crippen LogP) is 4.35. The van der Waals surface area contributed by atoms with Gasteiger partial charge >= 0.3 is 12.1 Å². The predicted molar refractivity (Wildman–Crippen MR) is 146 cm³/mol. The van der Waals surface area contributed by atoms with Gasteiger partial charge < -0.3 is 35.3 Å². The molecule has 0 fully saturated rings. The van der Waals surface area contributed by atoms with Gasteiger partial charge in [-0.1, -0.05) is 13.3 Å². The highest BCUT2D eigenvalue weighted by atomic mass is 31.1. The topological polar surface area (TPSA) is 168 Å². The number of anilines is 2. The fourth-order valence-electron chi connectivity index (χ4n) is 4.07. The Bertz CT molecular complexity index is 1420. The summed E-state index contributed by atoms with van der Waals surface area (Å²) in [6.45, 7) is 3.85. The largest absolute Gasteiger partial charge is 0.422 e. The molecule has 208 valence electrons. The lowest BCUT2D eigenvalue weighted by Crippen LogP contribution is -2.36. The fraction of sp³-hybridized carbons (Fsp3) is 0.375. The van der Waals surface area contributed by atoms with Crippen LogP contribution in [-0.2, 0) is 9.26 Å². The Morgan fingerprint density at radius 3 is 2.74 bits per heavy atom. The van der Waals surface area contributed by atoms with Crippen LogP contribution in [0.25, 0.3) is 21.9 Å². The summed E-state index contributed by atoms with van der Waals surface area (Å²) in [6.07, 6.45) is 4.49. The maximum Gasteiger partial charge on any atom is 0.409 e. The number of aryl methyl sites for hydroxylation is 1. The summed E-state index contributed by atoms with van der Waals surface area (Å²) in [4.78, 5) is 41.3. The number of alkyl carbamates (subject to hydrolysis) is 1. The van der Waals surface area contributed by atoms with E-state index in [1.807, 2.05) is 6.92 Å². The van der Waals surface area contributed by atoms with Crippen molar-refractivity contribution in [2.24, 2.45) is 0 Å². The standard InChI is InChI=1S/C24H30FN8O5P/c1-4-5-15(30-24(34)36-12-37-39-35)6-7-27-21-19-17-8-14(25)9-18(26-3)20(17)31-22(19)33-23(32-21)38-16-10-28-13(2)29-11-16/h8-11,15,26,35,39H,4-7,12H2,1-3H3,(H,30,34)(H2,27,31,32,33). The minimum Gasteiger partial charge on any atom is -0.422 e. The molecule has 0 bridgehead atoms. The van der Waals surface area contributed by atoms with E-state index < -0.39 is 20.9 Å². The van der Waals surface area contributed by atoms with Crippen molar-refractivity contribution >= 4 is 48.6 Å². The van der Waals surface area contributed by atoms with Crippen molar-refractivity contribution in [1.29, 1.82) is 0 Å². The van der Waals surface area contributed by atoms with Crippen LogP contribution in [0.4, 0.5) is 20.7 Å². The number of aromatic nitrogens is 5.